The van der Waals surface area contributed by atoms with Gasteiger partial charge in [-0.2, -0.15) is 0 Å². The van der Waals surface area contributed by atoms with Gasteiger partial charge in [-0.3, -0.25) is 4.79 Å². The van der Waals surface area contributed by atoms with E-state index in [-0.39, 0.29) is 5.97 Å². The quantitative estimate of drug-likeness (QED) is 0.768. The predicted molar refractivity (Wildman–Crippen MR) is 65.2 cm³/mol. The van der Waals surface area contributed by atoms with E-state index in [0.717, 1.165) is 24.5 Å². The standard InChI is InChI=1S/C13H19N3O2/c1-9-14-15-11(13(7-8-13)12(17)18-2)16(9)10-5-3-4-6-10/h10H,3-8H2,1-2H3. The summed E-state index contributed by atoms with van der Waals surface area (Å²) in [5, 5.41) is 8.46. The second kappa shape index (κ2) is 4.07. The number of carbonyl (C=O) groups is 1. The highest BCUT2D eigenvalue weighted by Crippen LogP contribution is 2.49. The molecule has 2 aliphatic carbocycles. The Morgan fingerprint density at radius 3 is 2.56 bits per heavy atom. The topological polar surface area (TPSA) is 57.0 Å². The Balaban J connectivity index is 2.00. The summed E-state index contributed by atoms with van der Waals surface area (Å²) in [5.74, 6) is 1.60. The molecule has 0 saturated heterocycles. The lowest BCUT2D eigenvalue weighted by molar-refractivity contribution is -0.144. The fourth-order valence-corrected chi connectivity index (χ4v) is 3.13. The van der Waals surface area contributed by atoms with Crippen molar-refractivity contribution < 1.29 is 9.53 Å². The van der Waals surface area contributed by atoms with Crippen molar-refractivity contribution >= 4 is 5.97 Å². The van der Waals surface area contributed by atoms with Gasteiger partial charge in [0.1, 0.15) is 11.2 Å². The number of nitrogens with zero attached hydrogens (tertiary/aromatic N) is 3. The Bertz CT molecular complexity index is 471. The van der Waals surface area contributed by atoms with Crippen molar-refractivity contribution in [2.75, 3.05) is 7.11 Å². The molecule has 0 radical (unpaired) electrons. The summed E-state index contributed by atoms with van der Waals surface area (Å²) in [5.41, 5.74) is -0.501. The van der Waals surface area contributed by atoms with Crippen molar-refractivity contribution in [3.05, 3.63) is 11.6 Å². The molecule has 1 aromatic rings. The van der Waals surface area contributed by atoms with Gasteiger partial charge >= 0.3 is 5.97 Å². The van der Waals surface area contributed by atoms with Crippen molar-refractivity contribution in [1.82, 2.24) is 14.8 Å². The Kier molecular flexibility index (Phi) is 2.64. The molecule has 0 spiro atoms. The van der Waals surface area contributed by atoms with Gasteiger partial charge in [-0.1, -0.05) is 12.8 Å². The minimum Gasteiger partial charge on any atom is -0.468 e. The highest BCUT2D eigenvalue weighted by Gasteiger charge is 2.57. The fraction of sp³-hybridized carbons (Fsp3) is 0.769. The van der Waals surface area contributed by atoms with Crippen LogP contribution in [-0.4, -0.2) is 27.8 Å². The molecule has 2 aliphatic rings. The van der Waals surface area contributed by atoms with Gasteiger partial charge in [0.15, 0.2) is 5.82 Å². The maximum atomic E-state index is 12.0. The lowest BCUT2D eigenvalue weighted by atomic mass is 10.1. The van der Waals surface area contributed by atoms with Gasteiger partial charge in [0.05, 0.1) is 7.11 Å². The maximum absolute atomic E-state index is 12.0. The van der Waals surface area contributed by atoms with Crippen LogP contribution in [0, 0.1) is 6.92 Å². The summed E-state index contributed by atoms with van der Waals surface area (Å²) < 4.78 is 7.13. The third-order valence-electron chi connectivity index (χ3n) is 4.31. The number of aryl methyl sites for hydroxylation is 1. The first kappa shape index (κ1) is 11.7. The molecule has 1 aromatic heterocycles. The molecule has 0 amide bonds. The molecule has 0 atom stereocenters. The van der Waals surface area contributed by atoms with Crippen LogP contribution in [0.4, 0.5) is 0 Å². The molecule has 0 N–H and O–H groups in total. The zero-order valence-electron chi connectivity index (χ0n) is 11.0. The number of ether oxygens (including phenoxy) is 1. The van der Waals surface area contributed by atoms with Gasteiger partial charge in [-0.15, -0.1) is 10.2 Å². The van der Waals surface area contributed by atoms with E-state index < -0.39 is 5.41 Å². The fourth-order valence-electron chi connectivity index (χ4n) is 3.13. The Morgan fingerprint density at radius 1 is 1.33 bits per heavy atom. The number of hydrogen-bond acceptors (Lipinski definition) is 4. The summed E-state index contributed by atoms with van der Waals surface area (Å²) in [6.45, 7) is 1.97. The minimum absolute atomic E-state index is 0.158. The second-order valence-electron chi connectivity index (χ2n) is 5.45. The van der Waals surface area contributed by atoms with Crippen molar-refractivity contribution in [3.8, 4) is 0 Å². The monoisotopic (exact) mass is 249 g/mol. The van der Waals surface area contributed by atoms with Crippen LogP contribution in [0.25, 0.3) is 0 Å². The van der Waals surface area contributed by atoms with E-state index in [0.29, 0.717) is 6.04 Å². The third-order valence-corrected chi connectivity index (χ3v) is 4.31. The van der Waals surface area contributed by atoms with Crippen molar-refractivity contribution in [2.45, 2.75) is 56.9 Å². The Labute approximate surface area is 107 Å². The van der Waals surface area contributed by atoms with E-state index in [1.165, 1.54) is 32.8 Å². The summed E-state index contributed by atoms with van der Waals surface area (Å²) in [6.07, 6.45) is 6.53. The molecule has 3 rings (SSSR count). The summed E-state index contributed by atoms with van der Waals surface area (Å²) in [4.78, 5) is 12.0. The molecule has 1 heterocycles. The van der Waals surface area contributed by atoms with Crippen LogP contribution in [0.2, 0.25) is 0 Å². The average Bonchev–Trinajstić information content (AvgIpc) is 2.83. The van der Waals surface area contributed by atoms with Gasteiger partial charge in [0.25, 0.3) is 0 Å². The van der Waals surface area contributed by atoms with Gasteiger partial charge in [0, 0.05) is 6.04 Å². The molecule has 98 valence electrons. The molecule has 2 fully saturated rings. The van der Waals surface area contributed by atoms with E-state index in [1.807, 2.05) is 6.92 Å². The van der Waals surface area contributed by atoms with Crippen LogP contribution in [0.1, 0.15) is 56.2 Å². The molecule has 0 unspecified atom stereocenters. The lowest BCUT2D eigenvalue weighted by Gasteiger charge is -2.19. The zero-order valence-corrected chi connectivity index (χ0v) is 11.0. The molecule has 18 heavy (non-hydrogen) atoms. The molecule has 0 bridgehead atoms. The summed E-state index contributed by atoms with van der Waals surface area (Å²) >= 11 is 0. The van der Waals surface area contributed by atoms with Crippen LogP contribution < -0.4 is 0 Å². The first-order chi connectivity index (χ1) is 8.69. The largest absolute Gasteiger partial charge is 0.468 e. The van der Waals surface area contributed by atoms with E-state index in [2.05, 4.69) is 14.8 Å². The van der Waals surface area contributed by atoms with E-state index in [1.54, 1.807) is 0 Å². The van der Waals surface area contributed by atoms with Gasteiger partial charge < -0.3 is 9.30 Å². The highest BCUT2D eigenvalue weighted by atomic mass is 16.5. The van der Waals surface area contributed by atoms with Gasteiger partial charge in [-0.25, -0.2) is 0 Å². The van der Waals surface area contributed by atoms with Crippen molar-refractivity contribution in [2.24, 2.45) is 0 Å². The summed E-state index contributed by atoms with van der Waals surface area (Å²) in [6, 6.07) is 0.470. The van der Waals surface area contributed by atoms with Gasteiger partial charge in [0.2, 0.25) is 0 Å². The number of carbonyl (C=O) groups excluding carboxylic acids is 1. The van der Waals surface area contributed by atoms with Crippen LogP contribution in [0.5, 0.6) is 0 Å². The van der Waals surface area contributed by atoms with Crippen LogP contribution in [0.15, 0.2) is 0 Å². The number of aromatic nitrogens is 3. The normalized spacial score (nSPS) is 22.1. The SMILES string of the molecule is COC(=O)C1(c2nnc(C)n2C2CCCC2)CC1. The first-order valence-electron chi connectivity index (χ1n) is 6.69. The number of rotatable bonds is 3. The predicted octanol–water partition coefficient (Wildman–Crippen LogP) is 1.91. The van der Waals surface area contributed by atoms with Crippen LogP contribution in [0.3, 0.4) is 0 Å². The second-order valence-corrected chi connectivity index (χ2v) is 5.45. The number of methoxy groups -OCH3 is 1. The smallest absolute Gasteiger partial charge is 0.319 e. The summed E-state index contributed by atoms with van der Waals surface area (Å²) in [7, 11) is 1.45. The molecule has 5 nitrogen and oxygen atoms in total. The lowest BCUT2D eigenvalue weighted by Crippen LogP contribution is -2.27. The molecular weight excluding hydrogens is 230 g/mol. The third kappa shape index (κ3) is 1.56. The van der Waals surface area contributed by atoms with Gasteiger partial charge in [-0.05, 0) is 32.6 Å². The van der Waals surface area contributed by atoms with E-state index in [9.17, 15) is 4.79 Å². The average molecular weight is 249 g/mol. The molecular formula is C13H19N3O2. The molecule has 2 saturated carbocycles. The Hall–Kier alpha value is -1.39. The van der Waals surface area contributed by atoms with Crippen LogP contribution in [-0.2, 0) is 14.9 Å². The van der Waals surface area contributed by atoms with E-state index in [4.69, 9.17) is 4.74 Å². The molecule has 0 aliphatic heterocycles. The molecule has 0 aromatic carbocycles. The number of esters is 1. The maximum Gasteiger partial charge on any atom is 0.319 e. The van der Waals surface area contributed by atoms with Crippen molar-refractivity contribution in [1.29, 1.82) is 0 Å². The zero-order chi connectivity index (χ0) is 12.8. The number of hydrogen-bond donors (Lipinski definition) is 0. The highest BCUT2D eigenvalue weighted by molar-refractivity contribution is 5.85. The van der Waals surface area contributed by atoms with Crippen molar-refractivity contribution in [3.63, 3.8) is 0 Å². The minimum atomic E-state index is -0.501. The molecule has 5 heteroatoms. The van der Waals surface area contributed by atoms with Crippen LogP contribution >= 0.6 is 0 Å². The Morgan fingerprint density at radius 2 is 2.00 bits per heavy atom. The van der Waals surface area contributed by atoms with E-state index >= 15 is 0 Å². The first-order valence-corrected chi connectivity index (χ1v) is 6.69.